The predicted octanol–water partition coefficient (Wildman–Crippen LogP) is 4.60. The van der Waals surface area contributed by atoms with Crippen LogP contribution < -0.4 is 5.73 Å². The lowest BCUT2D eigenvalue weighted by molar-refractivity contribution is -0.150. The normalized spacial score (nSPS) is 28.0. The van der Waals surface area contributed by atoms with Gasteiger partial charge < -0.3 is 10.5 Å². The molecule has 0 bridgehead atoms. The topological polar surface area (TPSA) is 55.6 Å². The third-order valence-electron chi connectivity index (χ3n) is 6.33. The van der Waals surface area contributed by atoms with Gasteiger partial charge in [0.25, 0.3) is 0 Å². The third kappa shape index (κ3) is 5.76. The molecule has 0 radical (unpaired) electrons. The molecule has 4 nitrogen and oxygen atoms in total. The molecule has 2 fully saturated rings. The number of piperidine rings is 1. The van der Waals surface area contributed by atoms with E-state index in [1.54, 1.807) is 0 Å². The molecule has 1 atom stereocenters. The van der Waals surface area contributed by atoms with Crippen molar-refractivity contribution in [3.05, 3.63) is 34.9 Å². The van der Waals surface area contributed by atoms with Crippen molar-refractivity contribution in [2.45, 2.75) is 56.9 Å². The monoisotopic (exact) mass is 450 g/mol. The molecular weight excluding hydrogens is 419 g/mol. The minimum Gasteiger partial charge on any atom is -0.466 e. The zero-order valence-electron chi connectivity index (χ0n) is 16.6. The van der Waals surface area contributed by atoms with Crippen molar-refractivity contribution in [3.8, 4) is 0 Å². The van der Waals surface area contributed by atoms with Crippen molar-refractivity contribution in [1.29, 1.82) is 0 Å². The summed E-state index contributed by atoms with van der Waals surface area (Å²) in [7, 11) is 0. The maximum atomic E-state index is 12.1. The van der Waals surface area contributed by atoms with Crippen molar-refractivity contribution in [3.63, 3.8) is 0 Å². The first-order valence-corrected chi connectivity index (χ1v) is 10.3. The minimum absolute atomic E-state index is 0. The molecule has 2 N–H and O–H groups in total. The average molecular weight is 452 g/mol. The van der Waals surface area contributed by atoms with Gasteiger partial charge in [0.15, 0.2) is 0 Å². The van der Waals surface area contributed by atoms with Gasteiger partial charge in [-0.25, -0.2) is 0 Å². The highest BCUT2D eigenvalue weighted by atomic mass is 35.5. The lowest BCUT2D eigenvalue weighted by Crippen LogP contribution is -2.49. The number of halogens is 3. The van der Waals surface area contributed by atoms with Gasteiger partial charge in [-0.15, -0.1) is 24.8 Å². The van der Waals surface area contributed by atoms with Crippen LogP contribution in [0.4, 0.5) is 0 Å². The summed E-state index contributed by atoms with van der Waals surface area (Å²) in [5, 5.41) is 0.783. The standard InChI is InChI=1S/C21H31ClN2O2.2ClH/c1-2-26-20(25)16-5-4-12-24(14-16)19-8-10-21(15-23,11-9-19)17-6-3-7-18(22)13-17;;/h3,6-7,13,16,19H,2,4-5,8-12,14-15,23H2,1H3;2*1H/t16?,19-,21-;;. The number of hydrogen-bond acceptors (Lipinski definition) is 4. The Morgan fingerprint density at radius 1 is 1.29 bits per heavy atom. The van der Waals surface area contributed by atoms with E-state index in [1.165, 1.54) is 5.56 Å². The van der Waals surface area contributed by atoms with E-state index in [1.807, 2.05) is 19.1 Å². The fourth-order valence-corrected chi connectivity index (χ4v) is 4.93. The summed E-state index contributed by atoms with van der Waals surface area (Å²) >= 11 is 6.21. The maximum absolute atomic E-state index is 12.1. The van der Waals surface area contributed by atoms with Gasteiger partial charge in [0.05, 0.1) is 12.5 Å². The molecule has 1 aliphatic carbocycles. The predicted molar refractivity (Wildman–Crippen MR) is 120 cm³/mol. The molecule has 1 saturated heterocycles. The van der Waals surface area contributed by atoms with Crippen LogP contribution in [0.25, 0.3) is 0 Å². The second kappa shape index (κ2) is 11.6. The molecule has 1 aliphatic heterocycles. The summed E-state index contributed by atoms with van der Waals surface area (Å²) < 4.78 is 5.24. The van der Waals surface area contributed by atoms with Crippen molar-refractivity contribution in [2.24, 2.45) is 11.7 Å². The SMILES string of the molecule is CCOC(=O)C1CCCN([C@H]2CC[C@](CN)(c3cccc(Cl)c3)CC2)C1.Cl.Cl. The quantitative estimate of drug-likeness (QED) is 0.665. The number of carbonyl (C=O) groups is 1. The zero-order valence-corrected chi connectivity index (χ0v) is 19.0. The molecule has 1 aromatic rings. The van der Waals surface area contributed by atoms with Crippen LogP contribution in [0.5, 0.6) is 0 Å². The summed E-state index contributed by atoms with van der Waals surface area (Å²) in [6.45, 7) is 4.94. The van der Waals surface area contributed by atoms with Gasteiger partial charge in [-0.2, -0.15) is 0 Å². The Morgan fingerprint density at radius 2 is 2.00 bits per heavy atom. The van der Waals surface area contributed by atoms with Gasteiger partial charge in [-0.3, -0.25) is 9.69 Å². The summed E-state index contributed by atoms with van der Waals surface area (Å²) in [5.41, 5.74) is 7.53. The van der Waals surface area contributed by atoms with Crippen LogP contribution >= 0.6 is 36.4 Å². The summed E-state index contributed by atoms with van der Waals surface area (Å²) in [5.74, 6) is 0.0149. The van der Waals surface area contributed by atoms with E-state index in [9.17, 15) is 4.79 Å². The second-order valence-electron chi connectivity index (χ2n) is 7.81. The number of hydrogen-bond donors (Lipinski definition) is 1. The Balaban J connectivity index is 0.00000196. The molecule has 3 rings (SSSR count). The van der Waals surface area contributed by atoms with Crippen LogP contribution in [0.1, 0.15) is 51.0 Å². The van der Waals surface area contributed by atoms with E-state index >= 15 is 0 Å². The summed E-state index contributed by atoms with van der Waals surface area (Å²) in [4.78, 5) is 14.6. The minimum atomic E-state index is -0.0248. The molecule has 7 heteroatoms. The molecule has 160 valence electrons. The van der Waals surface area contributed by atoms with E-state index in [2.05, 4.69) is 17.0 Å². The molecular formula is C21H33Cl3N2O2. The Labute approximate surface area is 186 Å². The molecule has 2 aliphatic rings. The number of nitrogens with two attached hydrogens (primary N) is 1. The first-order chi connectivity index (χ1) is 12.6. The second-order valence-corrected chi connectivity index (χ2v) is 8.25. The smallest absolute Gasteiger partial charge is 0.310 e. The Morgan fingerprint density at radius 3 is 2.61 bits per heavy atom. The fourth-order valence-electron chi connectivity index (χ4n) is 4.74. The highest BCUT2D eigenvalue weighted by Gasteiger charge is 2.39. The molecule has 1 aromatic carbocycles. The highest BCUT2D eigenvalue weighted by Crippen LogP contribution is 2.41. The zero-order chi connectivity index (χ0) is 18.6. The number of esters is 1. The average Bonchev–Trinajstić information content (AvgIpc) is 2.68. The summed E-state index contributed by atoms with van der Waals surface area (Å²) in [6.07, 6.45) is 6.44. The van der Waals surface area contributed by atoms with Gasteiger partial charge in [-0.05, 0) is 69.7 Å². The van der Waals surface area contributed by atoms with Gasteiger partial charge in [-0.1, -0.05) is 23.7 Å². The number of ether oxygens (including phenoxy) is 1. The van der Waals surface area contributed by atoms with E-state index in [-0.39, 0.29) is 42.1 Å². The first kappa shape index (κ1) is 25.5. The summed E-state index contributed by atoms with van der Waals surface area (Å²) in [6, 6.07) is 8.73. The molecule has 0 amide bonds. The van der Waals surface area contributed by atoms with Crippen LogP contribution in [0, 0.1) is 5.92 Å². The van der Waals surface area contributed by atoms with E-state index in [0.717, 1.165) is 56.6 Å². The molecule has 0 spiro atoms. The van der Waals surface area contributed by atoms with Gasteiger partial charge in [0.1, 0.15) is 0 Å². The number of likely N-dealkylation sites (tertiary alicyclic amines) is 1. The van der Waals surface area contributed by atoms with Crippen molar-refractivity contribution in [2.75, 3.05) is 26.2 Å². The molecule has 1 saturated carbocycles. The van der Waals surface area contributed by atoms with Gasteiger partial charge in [0, 0.05) is 29.6 Å². The number of carbonyl (C=O) groups excluding carboxylic acids is 1. The van der Waals surface area contributed by atoms with Crippen LogP contribution in [0.2, 0.25) is 5.02 Å². The lowest BCUT2D eigenvalue weighted by atomic mass is 9.68. The largest absolute Gasteiger partial charge is 0.466 e. The van der Waals surface area contributed by atoms with Crippen LogP contribution in [-0.2, 0) is 14.9 Å². The maximum Gasteiger partial charge on any atom is 0.310 e. The molecule has 0 aromatic heterocycles. The van der Waals surface area contributed by atoms with Crippen molar-refractivity contribution < 1.29 is 9.53 Å². The molecule has 1 unspecified atom stereocenters. The van der Waals surface area contributed by atoms with E-state index < -0.39 is 0 Å². The Kier molecular flexibility index (Phi) is 10.6. The van der Waals surface area contributed by atoms with E-state index in [0.29, 0.717) is 19.2 Å². The lowest BCUT2D eigenvalue weighted by Gasteiger charge is -2.45. The fraction of sp³-hybridized carbons (Fsp3) is 0.667. The number of nitrogens with zero attached hydrogens (tertiary/aromatic N) is 1. The number of benzene rings is 1. The van der Waals surface area contributed by atoms with E-state index in [4.69, 9.17) is 22.1 Å². The highest BCUT2D eigenvalue weighted by molar-refractivity contribution is 6.30. The van der Waals surface area contributed by atoms with Gasteiger partial charge in [0.2, 0.25) is 0 Å². The Hall–Kier alpha value is -0.520. The number of rotatable bonds is 5. The molecule has 1 heterocycles. The Bertz CT molecular complexity index is 621. The van der Waals surface area contributed by atoms with Crippen molar-refractivity contribution >= 4 is 42.4 Å². The molecule has 28 heavy (non-hydrogen) atoms. The van der Waals surface area contributed by atoms with Gasteiger partial charge >= 0.3 is 5.97 Å². The van der Waals surface area contributed by atoms with Crippen LogP contribution in [0.3, 0.4) is 0 Å². The first-order valence-electron chi connectivity index (χ1n) is 9.95. The van der Waals surface area contributed by atoms with Crippen molar-refractivity contribution in [1.82, 2.24) is 4.90 Å². The third-order valence-corrected chi connectivity index (χ3v) is 6.56. The van der Waals surface area contributed by atoms with Crippen LogP contribution in [0.15, 0.2) is 24.3 Å². The van der Waals surface area contributed by atoms with Crippen LogP contribution in [-0.4, -0.2) is 43.2 Å².